The number of hydrogen-bond acceptors (Lipinski definition) is 3. The highest BCUT2D eigenvalue weighted by Crippen LogP contribution is 2.14. The van der Waals surface area contributed by atoms with Gasteiger partial charge in [-0.15, -0.1) is 0 Å². The van der Waals surface area contributed by atoms with E-state index in [-0.39, 0.29) is 5.78 Å². The molecule has 0 aromatic heterocycles. The van der Waals surface area contributed by atoms with E-state index in [1.165, 1.54) is 5.56 Å². The second-order valence-electron chi connectivity index (χ2n) is 4.53. The number of ketones is 1. The number of Topliss-reactive ketones (excluding diaryl/α,β-unsaturated/α-hetero) is 1. The Bertz CT molecular complexity index is 556. The Labute approximate surface area is 119 Å². The molecule has 2 rings (SSSR count). The van der Waals surface area contributed by atoms with E-state index in [1.54, 1.807) is 26.2 Å². The molecular formula is C17H18O3. The van der Waals surface area contributed by atoms with Crippen molar-refractivity contribution in [1.29, 1.82) is 0 Å². The lowest BCUT2D eigenvalue weighted by Gasteiger charge is -2.07. The van der Waals surface area contributed by atoms with Crippen molar-refractivity contribution in [1.82, 2.24) is 0 Å². The molecule has 0 radical (unpaired) electrons. The summed E-state index contributed by atoms with van der Waals surface area (Å²) in [6.07, 6.45) is 0.832. The average molecular weight is 270 g/mol. The quantitative estimate of drug-likeness (QED) is 0.753. The monoisotopic (exact) mass is 270 g/mol. The summed E-state index contributed by atoms with van der Waals surface area (Å²) >= 11 is 0. The van der Waals surface area contributed by atoms with Gasteiger partial charge < -0.3 is 9.47 Å². The number of ether oxygens (including phenoxy) is 2. The van der Waals surface area contributed by atoms with E-state index in [1.807, 2.05) is 36.4 Å². The Morgan fingerprint density at radius 3 is 2.10 bits per heavy atom. The molecule has 0 amide bonds. The maximum Gasteiger partial charge on any atom is 0.159 e. The van der Waals surface area contributed by atoms with Gasteiger partial charge in [0.1, 0.15) is 11.5 Å². The van der Waals surface area contributed by atoms with Crippen LogP contribution in [-0.2, 0) is 6.42 Å². The Balaban J connectivity index is 1.84. The average Bonchev–Trinajstić information content (AvgIpc) is 2.48. The fourth-order valence-corrected chi connectivity index (χ4v) is 1.86. The number of hydrogen-bond donors (Lipinski definition) is 0. The van der Waals surface area contributed by atoms with Crippen molar-refractivity contribution in [3.8, 4) is 11.5 Å². The molecular weight excluding hydrogens is 252 g/mol. The Hall–Kier alpha value is -2.29. The van der Waals surface area contributed by atoms with Gasteiger partial charge in [-0.2, -0.15) is 0 Å². The van der Waals surface area contributed by atoms with Crippen LogP contribution in [0.5, 0.6) is 11.5 Å². The molecule has 0 aliphatic carbocycles. The number of methoxy groups -OCH3 is 1. The second-order valence-corrected chi connectivity index (χ2v) is 4.53. The zero-order chi connectivity index (χ0) is 14.4. The lowest BCUT2D eigenvalue weighted by Crippen LogP contribution is -2.01. The largest absolute Gasteiger partial charge is 0.497 e. The van der Waals surface area contributed by atoms with E-state index >= 15 is 0 Å². The SMILES string of the molecule is COc1ccc(CCOc2ccc(C(C)=O)cc2)cc1. The molecule has 2 aromatic carbocycles. The van der Waals surface area contributed by atoms with E-state index in [4.69, 9.17) is 9.47 Å². The Morgan fingerprint density at radius 2 is 1.55 bits per heavy atom. The molecule has 0 bridgehead atoms. The number of carbonyl (C=O) groups excluding carboxylic acids is 1. The van der Waals surface area contributed by atoms with Crippen LogP contribution in [0.1, 0.15) is 22.8 Å². The molecule has 3 nitrogen and oxygen atoms in total. The fraction of sp³-hybridized carbons (Fsp3) is 0.235. The number of carbonyl (C=O) groups is 1. The summed E-state index contributed by atoms with van der Waals surface area (Å²) in [5, 5.41) is 0. The third-order valence-electron chi connectivity index (χ3n) is 3.08. The lowest BCUT2D eigenvalue weighted by molar-refractivity contribution is 0.101. The van der Waals surface area contributed by atoms with E-state index in [2.05, 4.69) is 0 Å². The van der Waals surface area contributed by atoms with Gasteiger partial charge in [0.25, 0.3) is 0 Å². The smallest absolute Gasteiger partial charge is 0.159 e. The molecule has 0 atom stereocenters. The molecule has 0 N–H and O–H groups in total. The van der Waals surface area contributed by atoms with Crippen molar-refractivity contribution < 1.29 is 14.3 Å². The molecule has 0 aliphatic heterocycles. The van der Waals surface area contributed by atoms with Crippen molar-refractivity contribution in [3.05, 3.63) is 59.7 Å². The van der Waals surface area contributed by atoms with Gasteiger partial charge in [-0.3, -0.25) is 4.79 Å². The van der Waals surface area contributed by atoms with Crippen LogP contribution in [-0.4, -0.2) is 19.5 Å². The summed E-state index contributed by atoms with van der Waals surface area (Å²) < 4.78 is 10.8. The first-order chi connectivity index (χ1) is 9.69. The standard InChI is InChI=1S/C17H18O3/c1-13(18)15-5-9-17(10-6-15)20-12-11-14-3-7-16(19-2)8-4-14/h3-10H,11-12H2,1-2H3. The van der Waals surface area contributed by atoms with Crippen molar-refractivity contribution in [3.63, 3.8) is 0 Å². The van der Waals surface area contributed by atoms with Crippen LogP contribution < -0.4 is 9.47 Å². The van der Waals surface area contributed by atoms with Crippen LogP contribution in [0.25, 0.3) is 0 Å². The van der Waals surface area contributed by atoms with Crippen LogP contribution in [0, 0.1) is 0 Å². The molecule has 0 saturated heterocycles. The minimum atomic E-state index is 0.0646. The minimum absolute atomic E-state index is 0.0646. The molecule has 3 heteroatoms. The topological polar surface area (TPSA) is 35.5 Å². The number of benzene rings is 2. The first-order valence-electron chi connectivity index (χ1n) is 6.56. The molecule has 0 heterocycles. The third-order valence-corrected chi connectivity index (χ3v) is 3.08. The molecule has 20 heavy (non-hydrogen) atoms. The van der Waals surface area contributed by atoms with E-state index in [9.17, 15) is 4.79 Å². The van der Waals surface area contributed by atoms with Gasteiger partial charge in [-0.25, -0.2) is 0 Å². The maximum absolute atomic E-state index is 11.2. The molecule has 0 fully saturated rings. The Morgan fingerprint density at radius 1 is 0.950 bits per heavy atom. The minimum Gasteiger partial charge on any atom is -0.497 e. The van der Waals surface area contributed by atoms with Gasteiger partial charge in [0.15, 0.2) is 5.78 Å². The van der Waals surface area contributed by atoms with Crippen molar-refractivity contribution in [2.45, 2.75) is 13.3 Å². The van der Waals surface area contributed by atoms with E-state index < -0.39 is 0 Å². The van der Waals surface area contributed by atoms with Gasteiger partial charge in [-0.05, 0) is 48.9 Å². The molecule has 0 saturated carbocycles. The van der Waals surface area contributed by atoms with Gasteiger partial charge >= 0.3 is 0 Å². The summed E-state index contributed by atoms with van der Waals surface area (Å²) in [7, 11) is 1.66. The van der Waals surface area contributed by atoms with E-state index in [0.29, 0.717) is 12.2 Å². The highest BCUT2D eigenvalue weighted by atomic mass is 16.5. The van der Waals surface area contributed by atoms with Crippen LogP contribution in [0.15, 0.2) is 48.5 Å². The summed E-state index contributed by atoms with van der Waals surface area (Å²) in [6.45, 7) is 2.16. The van der Waals surface area contributed by atoms with Gasteiger partial charge in [0, 0.05) is 12.0 Å². The highest BCUT2D eigenvalue weighted by Gasteiger charge is 2.00. The molecule has 0 aliphatic rings. The van der Waals surface area contributed by atoms with Crippen LogP contribution >= 0.6 is 0 Å². The van der Waals surface area contributed by atoms with Crippen LogP contribution in [0.4, 0.5) is 0 Å². The van der Waals surface area contributed by atoms with Crippen molar-refractivity contribution in [2.24, 2.45) is 0 Å². The fourth-order valence-electron chi connectivity index (χ4n) is 1.86. The summed E-state index contributed by atoms with van der Waals surface area (Å²) in [5.74, 6) is 1.70. The first kappa shape index (κ1) is 14.1. The van der Waals surface area contributed by atoms with Crippen molar-refractivity contribution >= 4 is 5.78 Å². The summed E-state index contributed by atoms with van der Waals surface area (Å²) in [5.41, 5.74) is 1.90. The lowest BCUT2D eigenvalue weighted by atomic mass is 10.1. The molecule has 0 unspecified atom stereocenters. The highest BCUT2D eigenvalue weighted by molar-refractivity contribution is 5.94. The predicted octanol–water partition coefficient (Wildman–Crippen LogP) is 3.52. The summed E-state index contributed by atoms with van der Waals surface area (Å²) in [4.78, 5) is 11.2. The van der Waals surface area contributed by atoms with Crippen LogP contribution in [0.3, 0.4) is 0 Å². The van der Waals surface area contributed by atoms with Gasteiger partial charge in [0.2, 0.25) is 0 Å². The molecule has 2 aromatic rings. The molecule has 0 spiro atoms. The number of rotatable bonds is 6. The van der Waals surface area contributed by atoms with Gasteiger partial charge in [-0.1, -0.05) is 12.1 Å². The maximum atomic E-state index is 11.2. The molecule has 104 valence electrons. The summed E-state index contributed by atoms with van der Waals surface area (Å²) in [6, 6.07) is 15.2. The third kappa shape index (κ3) is 3.85. The van der Waals surface area contributed by atoms with E-state index in [0.717, 1.165) is 17.9 Å². The predicted molar refractivity (Wildman–Crippen MR) is 78.6 cm³/mol. The second kappa shape index (κ2) is 6.75. The zero-order valence-electron chi connectivity index (χ0n) is 11.8. The Kier molecular flexibility index (Phi) is 4.77. The first-order valence-corrected chi connectivity index (χ1v) is 6.56. The van der Waals surface area contributed by atoms with Crippen molar-refractivity contribution in [2.75, 3.05) is 13.7 Å². The zero-order valence-corrected chi connectivity index (χ0v) is 11.8. The normalized spacial score (nSPS) is 10.1. The van der Waals surface area contributed by atoms with Gasteiger partial charge in [0.05, 0.1) is 13.7 Å². The van der Waals surface area contributed by atoms with Crippen LogP contribution in [0.2, 0.25) is 0 Å².